The van der Waals surface area contributed by atoms with Crippen LogP contribution >= 0.6 is 24.8 Å². The number of hydrogen-bond acceptors (Lipinski definition) is 3. The predicted molar refractivity (Wildman–Crippen MR) is 104 cm³/mol. The summed E-state index contributed by atoms with van der Waals surface area (Å²) in [6.45, 7) is 2.25. The molecule has 0 spiro atoms. The molecule has 1 aromatic carbocycles. The fraction of sp³-hybridized carbons (Fsp3) is 0.611. The highest BCUT2D eigenvalue weighted by Crippen LogP contribution is 2.31. The summed E-state index contributed by atoms with van der Waals surface area (Å²) in [5.74, 6) is 0.344. The molecule has 0 radical (unpaired) electrons. The molecule has 142 valence electrons. The lowest BCUT2D eigenvalue weighted by Gasteiger charge is -2.35. The molecule has 4 nitrogen and oxygen atoms in total. The second kappa shape index (κ2) is 10.2. The van der Waals surface area contributed by atoms with E-state index in [1.807, 2.05) is 6.07 Å². The third-order valence-electron chi connectivity index (χ3n) is 5.24. The summed E-state index contributed by atoms with van der Waals surface area (Å²) in [5, 5.41) is 3.21. The van der Waals surface area contributed by atoms with Gasteiger partial charge in [0.05, 0.1) is 0 Å². The van der Waals surface area contributed by atoms with Crippen molar-refractivity contribution in [3.8, 4) is 0 Å². The molecule has 7 heteroatoms. The van der Waals surface area contributed by atoms with Crippen molar-refractivity contribution in [2.45, 2.75) is 38.1 Å². The van der Waals surface area contributed by atoms with E-state index in [1.54, 1.807) is 12.1 Å². The van der Waals surface area contributed by atoms with Gasteiger partial charge in [-0.1, -0.05) is 12.5 Å². The zero-order chi connectivity index (χ0) is 16.2. The molecule has 3 N–H and O–H groups in total. The zero-order valence-corrected chi connectivity index (χ0v) is 16.0. The summed E-state index contributed by atoms with van der Waals surface area (Å²) >= 11 is 0. The molecule has 3 atom stereocenters. The van der Waals surface area contributed by atoms with Crippen LogP contribution in [0.5, 0.6) is 0 Å². The van der Waals surface area contributed by atoms with E-state index in [4.69, 9.17) is 5.73 Å². The highest BCUT2D eigenvalue weighted by Gasteiger charge is 2.33. The molecule has 2 fully saturated rings. The second-order valence-electron chi connectivity index (χ2n) is 6.81. The molecular formula is C18H28Cl2FN3O. The highest BCUT2D eigenvalue weighted by atomic mass is 35.5. The van der Waals surface area contributed by atoms with Crippen molar-refractivity contribution in [3.05, 3.63) is 30.1 Å². The Morgan fingerprint density at radius 2 is 2.04 bits per heavy atom. The average molecular weight is 392 g/mol. The molecule has 1 saturated carbocycles. The van der Waals surface area contributed by atoms with Crippen molar-refractivity contribution in [1.29, 1.82) is 0 Å². The molecule has 2 aliphatic rings. The van der Waals surface area contributed by atoms with Gasteiger partial charge < -0.3 is 16.0 Å². The Labute approximate surface area is 161 Å². The van der Waals surface area contributed by atoms with Gasteiger partial charge in [-0.3, -0.25) is 4.79 Å². The number of halogens is 3. The maximum atomic E-state index is 13.4. The minimum atomic E-state index is -0.217. The predicted octanol–water partition coefficient (Wildman–Crippen LogP) is 3.13. The molecule has 1 unspecified atom stereocenters. The van der Waals surface area contributed by atoms with Gasteiger partial charge in [-0.25, -0.2) is 4.39 Å². The zero-order valence-electron chi connectivity index (χ0n) is 14.3. The summed E-state index contributed by atoms with van der Waals surface area (Å²) in [6, 6.07) is 6.82. The van der Waals surface area contributed by atoms with Crippen LogP contribution in [-0.2, 0) is 4.79 Å². The maximum Gasteiger partial charge on any atom is 0.223 e. The Kier molecular flexibility index (Phi) is 8.97. The van der Waals surface area contributed by atoms with Gasteiger partial charge >= 0.3 is 0 Å². The maximum absolute atomic E-state index is 13.4. The van der Waals surface area contributed by atoms with E-state index < -0.39 is 0 Å². The number of hydrogen-bond donors (Lipinski definition) is 2. The summed E-state index contributed by atoms with van der Waals surface area (Å²) in [4.78, 5) is 14.7. The normalized spacial score (nSPS) is 25.7. The minimum absolute atomic E-state index is 0. The first-order valence-electron chi connectivity index (χ1n) is 8.68. The summed E-state index contributed by atoms with van der Waals surface area (Å²) in [5.41, 5.74) is 6.68. The van der Waals surface area contributed by atoms with E-state index >= 15 is 0 Å². The number of carbonyl (C=O) groups excluding carboxylic acids is 1. The molecule has 1 saturated heterocycles. The van der Waals surface area contributed by atoms with Crippen LogP contribution in [0.4, 0.5) is 10.1 Å². The lowest BCUT2D eigenvalue weighted by molar-refractivity contribution is -0.126. The van der Waals surface area contributed by atoms with E-state index in [9.17, 15) is 9.18 Å². The van der Waals surface area contributed by atoms with Crippen molar-refractivity contribution >= 4 is 36.4 Å². The van der Waals surface area contributed by atoms with Gasteiger partial charge in [0.1, 0.15) is 5.82 Å². The first-order valence-corrected chi connectivity index (χ1v) is 8.68. The van der Waals surface area contributed by atoms with Crippen molar-refractivity contribution in [2.24, 2.45) is 17.6 Å². The first kappa shape index (κ1) is 22.0. The summed E-state index contributed by atoms with van der Waals surface area (Å²) in [7, 11) is 0. The molecule has 3 rings (SSSR count). The second-order valence-corrected chi connectivity index (χ2v) is 6.81. The number of rotatable bonds is 4. The molecule has 0 aromatic heterocycles. The van der Waals surface area contributed by atoms with Gasteiger partial charge in [-0.2, -0.15) is 0 Å². The third-order valence-corrected chi connectivity index (χ3v) is 5.24. The Balaban J connectivity index is 0.00000156. The molecular weight excluding hydrogens is 364 g/mol. The number of nitrogens with zero attached hydrogens (tertiary/aromatic N) is 1. The van der Waals surface area contributed by atoms with Crippen LogP contribution in [-0.4, -0.2) is 31.6 Å². The van der Waals surface area contributed by atoms with Crippen LogP contribution in [0.25, 0.3) is 0 Å². The molecule has 1 aromatic rings. The van der Waals surface area contributed by atoms with Crippen LogP contribution in [0.1, 0.15) is 32.1 Å². The number of nitrogens with two attached hydrogens (primary N) is 1. The Bertz CT molecular complexity index is 561. The van der Waals surface area contributed by atoms with Crippen LogP contribution in [0.15, 0.2) is 24.3 Å². The van der Waals surface area contributed by atoms with E-state index in [1.165, 1.54) is 6.07 Å². The first-order chi connectivity index (χ1) is 11.2. The Morgan fingerprint density at radius 1 is 1.24 bits per heavy atom. The topological polar surface area (TPSA) is 58.4 Å². The van der Waals surface area contributed by atoms with Gasteiger partial charge in [0, 0.05) is 30.7 Å². The van der Waals surface area contributed by atoms with E-state index in [0.717, 1.165) is 50.9 Å². The minimum Gasteiger partial charge on any atom is -0.369 e. The number of nitrogens with one attached hydrogen (secondary N) is 1. The number of carbonyl (C=O) groups is 1. The number of benzene rings is 1. The van der Waals surface area contributed by atoms with Crippen molar-refractivity contribution in [3.63, 3.8) is 0 Å². The SMILES string of the molecule is Cl.Cl.NC[C@H]1CCC[C@H]1C(=O)NC1CCCN(c2cccc(F)c2)C1. The molecule has 1 amide bonds. The van der Waals surface area contributed by atoms with Crippen LogP contribution in [0.2, 0.25) is 0 Å². The van der Waals surface area contributed by atoms with Gasteiger partial charge in [0.25, 0.3) is 0 Å². The summed E-state index contributed by atoms with van der Waals surface area (Å²) < 4.78 is 13.4. The summed E-state index contributed by atoms with van der Waals surface area (Å²) in [6.07, 6.45) is 5.10. The van der Waals surface area contributed by atoms with Gasteiger partial charge in [0.15, 0.2) is 0 Å². The van der Waals surface area contributed by atoms with E-state index in [2.05, 4.69) is 10.2 Å². The number of piperidine rings is 1. The van der Waals surface area contributed by atoms with Gasteiger partial charge in [-0.05, 0) is 56.3 Å². The highest BCUT2D eigenvalue weighted by molar-refractivity contribution is 5.85. The third kappa shape index (κ3) is 5.47. The molecule has 1 aliphatic heterocycles. The molecule has 1 heterocycles. The van der Waals surface area contributed by atoms with Crippen LogP contribution in [0.3, 0.4) is 0 Å². The van der Waals surface area contributed by atoms with Crippen molar-refractivity contribution < 1.29 is 9.18 Å². The number of anilines is 1. The van der Waals surface area contributed by atoms with Crippen LogP contribution < -0.4 is 16.0 Å². The lowest BCUT2D eigenvalue weighted by atomic mass is 9.94. The molecule has 1 aliphatic carbocycles. The molecule has 0 bridgehead atoms. The van der Waals surface area contributed by atoms with Crippen LogP contribution in [0, 0.1) is 17.7 Å². The van der Waals surface area contributed by atoms with E-state index in [-0.39, 0.29) is 48.5 Å². The fourth-order valence-electron chi connectivity index (χ4n) is 3.97. The van der Waals surface area contributed by atoms with Gasteiger partial charge in [0.2, 0.25) is 5.91 Å². The standard InChI is InChI=1S/C18H26FN3O.2ClH/c19-14-5-2-7-16(10-14)22-9-3-6-15(12-22)21-18(23)17-8-1-4-13(17)11-20;;/h2,5,7,10,13,15,17H,1,3-4,6,8-9,11-12,20H2,(H,21,23);2*1H/t13-,15?,17-;;/m1../s1. The molecule has 25 heavy (non-hydrogen) atoms. The lowest BCUT2D eigenvalue weighted by Crippen LogP contribution is -2.50. The Morgan fingerprint density at radius 3 is 2.76 bits per heavy atom. The quantitative estimate of drug-likeness (QED) is 0.828. The van der Waals surface area contributed by atoms with Crippen molar-refractivity contribution in [1.82, 2.24) is 5.32 Å². The smallest absolute Gasteiger partial charge is 0.223 e. The Hall–Kier alpha value is -1.04. The largest absolute Gasteiger partial charge is 0.369 e. The number of amides is 1. The van der Waals surface area contributed by atoms with E-state index in [0.29, 0.717) is 12.5 Å². The fourth-order valence-corrected chi connectivity index (χ4v) is 3.97. The average Bonchev–Trinajstić information content (AvgIpc) is 3.04. The monoisotopic (exact) mass is 391 g/mol. The van der Waals surface area contributed by atoms with Gasteiger partial charge in [-0.15, -0.1) is 24.8 Å². The van der Waals surface area contributed by atoms with Crippen molar-refractivity contribution in [2.75, 3.05) is 24.5 Å².